The number of rotatable bonds is 8. The van der Waals surface area contributed by atoms with Gasteiger partial charge in [0, 0.05) is 5.56 Å². The second-order valence-corrected chi connectivity index (χ2v) is 5.10. The van der Waals surface area contributed by atoms with Crippen LogP contribution in [0, 0.1) is 6.92 Å². The number of benzene rings is 2. The summed E-state index contributed by atoms with van der Waals surface area (Å²) in [6, 6.07) is 15.4. The molecule has 0 saturated carbocycles. The third kappa shape index (κ3) is 5.06. The van der Waals surface area contributed by atoms with E-state index in [4.69, 9.17) is 14.2 Å². The molecule has 0 aliphatic heterocycles. The monoisotopic (exact) mass is 302 g/mol. The van der Waals surface area contributed by atoms with E-state index in [0.717, 1.165) is 17.1 Å². The van der Waals surface area contributed by atoms with Gasteiger partial charge in [-0.2, -0.15) is 0 Å². The number of ether oxygens (including phenoxy) is 3. The predicted octanol–water partition coefficient (Wildman–Crippen LogP) is 2.96. The molecular weight excluding hydrogens is 280 g/mol. The minimum absolute atomic E-state index is 0.203. The maximum Gasteiger partial charge on any atom is 0.124 e. The number of para-hydroxylation sites is 1. The number of hydrogen-bond donors (Lipinski definition) is 1. The maximum absolute atomic E-state index is 9.89. The fraction of sp³-hybridized carbons (Fsp3) is 0.333. The quantitative estimate of drug-likeness (QED) is 0.814. The highest BCUT2D eigenvalue weighted by molar-refractivity contribution is 5.32. The molecule has 0 saturated heterocycles. The summed E-state index contributed by atoms with van der Waals surface area (Å²) in [6.45, 7) is 2.83. The molecule has 0 aliphatic rings. The van der Waals surface area contributed by atoms with Gasteiger partial charge in [0.1, 0.15) is 24.2 Å². The van der Waals surface area contributed by atoms with Crippen molar-refractivity contribution in [2.45, 2.75) is 19.6 Å². The molecule has 1 atom stereocenters. The van der Waals surface area contributed by atoms with E-state index in [2.05, 4.69) is 0 Å². The molecule has 4 heteroatoms. The van der Waals surface area contributed by atoms with Crippen LogP contribution in [0.5, 0.6) is 11.5 Å². The summed E-state index contributed by atoms with van der Waals surface area (Å²) in [5.74, 6) is 1.53. The van der Waals surface area contributed by atoms with E-state index in [9.17, 15) is 5.11 Å². The first-order valence-corrected chi connectivity index (χ1v) is 7.26. The third-order valence-corrected chi connectivity index (χ3v) is 3.22. The van der Waals surface area contributed by atoms with Crippen molar-refractivity contribution in [3.05, 3.63) is 59.7 Å². The molecule has 0 bridgehead atoms. The third-order valence-electron chi connectivity index (χ3n) is 3.22. The molecule has 2 rings (SSSR count). The van der Waals surface area contributed by atoms with Crippen LogP contribution in [0.4, 0.5) is 0 Å². The summed E-state index contributed by atoms with van der Waals surface area (Å²) in [7, 11) is 1.63. The van der Waals surface area contributed by atoms with Crippen LogP contribution in [0.2, 0.25) is 0 Å². The maximum atomic E-state index is 9.89. The second-order valence-electron chi connectivity index (χ2n) is 5.10. The van der Waals surface area contributed by atoms with Crippen molar-refractivity contribution in [2.24, 2.45) is 0 Å². The Morgan fingerprint density at radius 3 is 2.45 bits per heavy atom. The van der Waals surface area contributed by atoms with Gasteiger partial charge in [0.15, 0.2) is 0 Å². The smallest absolute Gasteiger partial charge is 0.124 e. The van der Waals surface area contributed by atoms with Crippen LogP contribution in [0.1, 0.15) is 11.1 Å². The van der Waals surface area contributed by atoms with Gasteiger partial charge in [-0.1, -0.05) is 35.9 Å². The SMILES string of the molecule is COc1ccccc1COCC(O)COc1ccc(C)cc1. The minimum atomic E-state index is -0.670. The zero-order chi connectivity index (χ0) is 15.8. The number of aryl methyl sites for hydroxylation is 1. The van der Waals surface area contributed by atoms with Crippen molar-refractivity contribution in [1.82, 2.24) is 0 Å². The van der Waals surface area contributed by atoms with Crippen LogP contribution < -0.4 is 9.47 Å². The first-order chi connectivity index (χ1) is 10.7. The van der Waals surface area contributed by atoms with Crippen LogP contribution in [0.3, 0.4) is 0 Å². The summed E-state index contributed by atoms with van der Waals surface area (Å²) in [4.78, 5) is 0. The van der Waals surface area contributed by atoms with E-state index >= 15 is 0 Å². The van der Waals surface area contributed by atoms with Crippen LogP contribution >= 0.6 is 0 Å². The topological polar surface area (TPSA) is 47.9 Å². The van der Waals surface area contributed by atoms with Gasteiger partial charge in [-0.25, -0.2) is 0 Å². The highest BCUT2D eigenvalue weighted by atomic mass is 16.5. The lowest BCUT2D eigenvalue weighted by atomic mass is 10.2. The van der Waals surface area contributed by atoms with E-state index in [1.165, 1.54) is 5.56 Å². The van der Waals surface area contributed by atoms with Gasteiger partial charge in [0.05, 0.1) is 20.3 Å². The second kappa shape index (κ2) is 8.41. The van der Waals surface area contributed by atoms with E-state index in [0.29, 0.717) is 6.61 Å². The Hall–Kier alpha value is -2.04. The standard InChI is InChI=1S/C18H22O4/c1-14-7-9-17(10-8-14)22-13-16(19)12-21-11-15-5-3-4-6-18(15)20-2/h3-10,16,19H,11-13H2,1-2H3. The average Bonchev–Trinajstić information content (AvgIpc) is 2.55. The Bertz CT molecular complexity index is 566. The fourth-order valence-corrected chi connectivity index (χ4v) is 2.00. The Morgan fingerprint density at radius 2 is 1.73 bits per heavy atom. The largest absolute Gasteiger partial charge is 0.496 e. The van der Waals surface area contributed by atoms with Gasteiger partial charge >= 0.3 is 0 Å². The van der Waals surface area contributed by atoms with Crippen LogP contribution in [0.25, 0.3) is 0 Å². The predicted molar refractivity (Wildman–Crippen MR) is 85.3 cm³/mol. The molecule has 2 aromatic rings. The van der Waals surface area contributed by atoms with E-state index in [1.54, 1.807) is 7.11 Å². The lowest BCUT2D eigenvalue weighted by Gasteiger charge is -2.14. The lowest BCUT2D eigenvalue weighted by Crippen LogP contribution is -2.23. The molecule has 4 nitrogen and oxygen atoms in total. The molecule has 0 aliphatic carbocycles. The molecule has 0 spiro atoms. The molecule has 0 radical (unpaired) electrons. The molecule has 0 amide bonds. The first kappa shape index (κ1) is 16.3. The lowest BCUT2D eigenvalue weighted by molar-refractivity contribution is 0.00503. The highest BCUT2D eigenvalue weighted by Crippen LogP contribution is 2.18. The summed E-state index contributed by atoms with van der Waals surface area (Å²) in [5, 5.41) is 9.89. The molecule has 2 aromatic carbocycles. The summed E-state index contributed by atoms with van der Waals surface area (Å²) in [5.41, 5.74) is 2.13. The van der Waals surface area contributed by atoms with Crippen molar-refractivity contribution in [3.8, 4) is 11.5 Å². The van der Waals surface area contributed by atoms with E-state index in [1.807, 2.05) is 55.5 Å². The normalized spacial score (nSPS) is 12.0. The first-order valence-electron chi connectivity index (χ1n) is 7.26. The van der Waals surface area contributed by atoms with Crippen LogP contribution in [-0.4, -0.2) is 31.5 Å². The molecular formula is C18H22O4. The molecule has 22 heavy (non-hydrogen) atoms. The zero-order valence-corrected chi connectivity index (χ0v) is 13.0. The Morgan fingerprint density at radius 1 is 1.00 bits per heavy atom. The van der Waals surface area contributed by atoms with Crippen molar-refractivity contribution in [2.75, 3.05) is 20.3 Å². The van der Waals surface area contributed by atoms with Crippen molar-refractivity contribution in [1.29, 1.82) is 0 Å². The van der Waals surface area contributed by atoms with Gasteiger partial charge in [0.2, 0.25) is 0 Å². The Labute approximate surface area is 131 Å². The highest BCUT2D eigenvalue weighted by Gasteiger charge is 2.07. The molecule has 0 fully saturated rings. The molecule has 118 valence electrons. The van der Waals surface area contributed by atoms with Gasteiger partial charge in [-0.3, -0.25) is 0 Å². The summed E-state index contributed by atoms with van der Waals surface area (Å²) < 4.78 is 16.3. The van der Waals surface area contributed by atoms with E-state index < -0.39 is 6.10 Å². The average molecular weight is 302 g/mol. The summed E-state index contributed by atoms with van der Waals surface area (Å²) >= 11 is 0. The number of aliphatic hydroxyl groups excluding tert-OH is 1. The Kier molecular flexibility index (Phi) is 6.25. The molecule has 1 N–H and O–H groups in total. The number of aliphatic hydroxyl groups is 1. The summed E-state index contributed by atoms with van der Waals surface area (Å²) in [6.07, 6.45) is -0.670. The fourth-order valence-electron chi connectivity index (χ4n) is 2.00. The van der Waals surface area contributed by atoms with Crippen LogP contribution in [-0.2, 0) is 11.3 Å². The Balaban J connectivity index is 1.71. The molecule has 0 heterocycles. The van der Waals surface area contributed by atoms with E-state index in [-0.39, 0.29) is 13.2 Å². The van der Waals surface area contributed by atoms with Crippen LogP contribution in [0.15, 0.2) is 48.5 Å². The van der Waals surface area contributed by atoms with Gasteiger partial charge in [-0.15, -0.1) is 0 Å². The van der Waals surface area contributed by atoms with Gasteiger partial charge in [-0.05, 0) is 25.1 Å². The number of hydrogen-bond acceptors (Lipinski definition) is 4. The minimum Gasteiger partial charge on any atom is -0.496 e. The van der Waals surface area contributed by atoms with Gasteiger partial charge < -0.3 is 19.3 Å². The van der Waals surface area contributed by atoms with Crippen molar-refractivity contribution < 1.29 is 19.3 Å². The molecule has 0 aromatic heterocycles. The van der Waals surface area contributed by atoms with Crippen molar-refractivity contribution >= 4 is 0 Å². The van der Waals surface area contributed by atoms with Gasteiger partial charge in [0.25, 0.3) is 0 Å². The number of methoxy groups -OCH3 is 1. The molecule has 1 unspecified atom stereocenters. The zero-order valence-electron chi connectivity index (χ0n) is 13.0. The van der Waals surface area contributed by atoms with Crippen molar-refractivity contribution in [3.63, 3.8) is 0 Å².